The number of fused-ring (bicyclic) bond motifs is 1. The molecule has 0 saturated carbocycles. The molecule has 1 N–H and O–H groups in total. The number of aryl methyl sites for hydroxylation is 1. The third-order valence-corrected chi connectivity index (χ3v) is 5.05. The number of hydrogen-bond donors (Lipinski definition) is 1. The minimum absolute atomic E-state index is 0.180. The van der Waals surface area contributed by atoms with Gasteiger partial charge in [-0.3, -0.25) is 14.2 Å². The molecule has 3 heterocycles. The quantitative estimate of drug-likeness (QED) is 0.417. The molecule has 0 bridgehead atoms. The van der Waals surface area contributed by atoms with Gasteiger partial charge in [0.1, 0.15) is 17.1 Å². The Kier molecular flexibility index (Phi) is 4.86. The van der Waals surface area contributed by atoms with Crippen molar-refractivity contribution >= 4 is 33.7 Å². The van der Waals surface area contributed by atoms with Gasteiger partial charge in [0.05, 0.1) is 24.2 Å². The summed E-state index contributed by atoms with van der Waals surface area (Å²) in [7, 11) is 0. The van der Waals surface area contributed by atoms with Crippen molar-refractivity contribution in [3.05, 3.63) is 76.0 Å². The maximum atomic E-state index is 12.9. The molecule has 0 aliphatic carbocycles. The first-order chi connectivity index (χ1) is 13.6. The predicted molar refractivity (Wildman–Crippen MR) is 108 cm³/mol. The highest BCUT2D eigenvalue weighted by atomic mass is 32.1. The predicted octanol–water partition coefficient (Wildman–Crippen LogP) is 3.18. The molecule has 1 amide bonds. The molecule has 140 valence electrons. The van der Waals surface area contributed by atoms with Crippen LogP contribution in [0.4, 0.5) is 0 Å². The van der Waals surface area contributed by atoms with E-state index in [2.05, 4.69) is 15.5 Å². The molecule has 0 spiro atoms. The third-order valence-electron chi connectivity index (χ3n) is 4.16. The number of nitrogens with one attached hydrogen (secondary N) is 1. The van der Waals surface area contributed by atoms with Crippen molar-refractivity contribution in [1.82, 2.24) is 15.0 Å². The van der Waals surface area contributed by atoms with Gasteiger partial charge in [0.15, 0.2) is 0 Å². The molecule has 0 fully saturated rings. The first kappa shape index (κ1) is 17.9. The fraction of sp³-hybridized carbons (Fsp3) is 0.100. The highest BCUT2D eigenvalue weighted by Gasteiger charge is 2.14. The molecule has 4 aromatic rings. The molecule has 4 rings (SSSR count). The van der Waals surface area contributed by atoms with Crippen LogP contribution in [-0.4, -0.2) is 21.7 Å². The summed E-state index contributed by atoms with van der Waals surface area (Å²) in [6, 6.07) is 11.4. The zero-order valence-electron chi connectivity index (χ0n) is 15.0. The maximum absolute atomic E-state index is 12.9. The molecular formula is C20H16N4O3S. The molecule has 0 unspecified atom stereocenters. The van der Waals surface area contributed by atoms with Crippen molar-refractivity contribution in [1.29, 1.82) is 0 Å². The van der Waals surface area contributed by atoms with Crippen molar-refractivity contribution in [2.75, 3.05) is 0 Å². The molecule has 7 nitrogen and oxygen atoms in total. The van der Waals surface area contributed by atoms with Gasteiger partial charge in [-0.1, -0.05) is 29.8 Å². The number of nitrogens with zero attached hydrogens (tertiary/aromatic N) is 3. The lowest BCUT2D eigenvalue weighted by Gasteiger charge is -2.05. The smallest absolute Gasteiger partial charge is 0.263 e. The summed E-state index contributed by atoms with van der Waals surface area (Å²) in [5, 5.41) is 6.25. The Bertz CT molecular complexity index is 1200. The maximum Gasteiger partial charge on any atom is 0.263 e. The van der Waals surface area contributed by atoms with E-state index >= 15 is 0 Å². The van der Waals surface area contributed by atoms with E-state index in [0.29, 0.717) is 16.0 Å². The van der Waals surface area contributed by atoms with E-state index in [1.54, 1.807) is 12.1 Å². The van der Waals surface area contributed by atoms with Crippen molar-refractivity contribution in [3.8, 4) is 11.1 Å². The Hall–Kier alpha value is -3.52. The van der Waals surface area contributed by atoms with Crippen LogP contribution in [0.3, 0.4) is 0 Å². The van der Waals surface area contributed by atoms with Crippen LogP contribution < -0.4 is 11.0 Å². The number of rotatable bonds is 5. The monoisotopic (exact) mass is 392 g/mol. The fourth-order valence-electron chi connectivity index (χ4n) is 2.75. The molecule has 0 atom stereocenters. The number of thiophene rings is 1. The van der Waals surface area contributed by atoms with Crippen molar-refractivity contribution in [2.24, 2.45) is 5.10 Å². The van der Waals surface area contributed by atoms with Gasteiger partial charge in [-0.25, -0.2) is 10.4 Å². The van der Waals surface area contributed by atoms with Crippen LogP contribution in [0.5, 0.6) is 0 Å². The molecule has 8 heteroatoms. The van der Waals surface area contributed by atoms with Crippen LogP contribution in [0.1, 0.15) is 11.3 Å². The van der Waals surface area contributed by atoms with Crippen LogP contribution in [0.2, 0.25) is 0 Å². The zero-order valence-corrected chi connectivity index (χ0v) is 15.8. The topological polar surface area (TPSA) is 89.5 Å². The largest absolute Gasteiger partial charge is 0.463 e. The number of aromatic nitrogens is 2. The molecule has 28 heavy (non-hydrogen) atoms. The Morgan fingerprint density at radius 3 is 2.89 bits per heavy atom. The summed E-state index contributed by atoms with van der Waals surface area (Å²) in [4.78, 5) is 30.0. The number of carbonyl (C=O) groups is 1. The van der Waals surface area contributed by atoms with E-state index in [1.807, 2.05) is 36.6 Å². The molecule has 1 aromatic carbocycles. The third kappa shape index (κ3) is 3.63. The Balaban J connectivity index is 1.59. The van der Waals surface area contributed by atoms with Gasteiger partial charge < -0.3 is 4.42 Å². The van der Waals surface area contributed by atoms with Gasteiger partial charge in [-0.2, -0.15) is 5.10 Å². The number of hydrogen-bond acceptors (Lipinski definition) is 6. The van der Waals surface area contributed by atoms with E-state index < -0.39 is 5.91 Å². The number of furan rings is 1. The highest BCUT2D eigenvalue weighted by molar-refractivity contribution is 7.17. The summed E-state index contributed by atoms with van der Waals surface area (Å²) >= 11 is 1.41. The molecule has 0 aliphatic rings. The number of amides is 1. The van der Waals surface area contributed by atoms with Crippen LogP contribution in [-0.2, 0) is 11.3 Å². The van der Waals surface area contributed by atoms with Gasteiger partial charge >= 0.3 is 0 Å². The first-order valence-corrected chi connectivity index (χ1v) is 9.39. The summed E-state index contributed by atoms with van der Waals surface area (Å²) in [6.07, 6.45) is 4.28. The minimum atomic E-state index is -0.432. The van der Waals surface area contributed by atoms with Crippen molar-refractivity contribution in [3.63, 3.8) is 0 Å². The molecule has 0 radical (unpaired) electrons. The van der Waals surface area contributed by atoms with Crippen LogP contribution in [0, 0.1) is 6.92 Å². The van der Waals surface area contributed by atoms with E-state index in [4.69, 9.17) is 4.42 Å². The van der Waals surface area contributed by atoms with Gasteiger partial charge in [0, 0.05) is 10.9 Å². The lowest BCUT2D eigenvalue weighted by atomic mass is 10.1. The van der Waals surface area contributed by atoms with Crippen LogP contribution in [0.15, 0.2) is 68.7 Å². The average Bonchev–Trinajstić information content (AvgIpc) is 3.35. The highest BCUT2D eigenvalue weighted by Crippen LogP contribution is 2.30. The zero-order chi connectivity index (χ0) is 19.5. The number of hydrazone groups is 1. The Morgan fingerprint density at radius 2 is 2.14 bits per heavy atom. The lowest BCUT2D eigenvalue weighted by Crippen LogP contribution is -2.30. The van der Waals surface area contributed by atoms with E-state index in [-0.39, 0.29) is 12.1 Å². The molecule has 3 aromatic heterocycles. The van der Waals surface area contributed by atoms with E-state index in [0.717, 1.165) is 16.7 Å². The molecule has 0 aliphatic heterocycles. The minimum Gasteiger partial charge on any atom is -0.463 e. The Labute approximate surface area is 164 Å². The fourth-order valence-corrected chi connectivity index (χ4v) is 3.65. The van der Waals surface area contributed by atoms with Crippen molar-refractivity contribution < 1.29 is 9.21 Å². The normalized spacial score (nSPS) is 11.3. The SMILES string of the molecule is Cc1ccc(-c2csc3ncn(CC(=O)N/N=C\c4ccco4)c(=O)c23)cc1. The second-order valence-corrected chi connectivity index (χ2v) is 7.04. The van der Waals surface area contributed by atoms with Crippen LogP contribution >= 0.6 is 11.3 Å². The average molecular weight is 392 g/mol. The van der Waals surface area contributed by atoms with Gasteiger partial charge in [0.25, 0.3) is 11.5 Å². The summed E-state index contributed by atoms with van der Waals surface area (Å²) in [6.45, 7) is 1.83. The van der Waals surface area contributed by atoms with Crippen molar-refractivity contribution in [2.45, 2.75) is 13.5 Å². The summed E-state index contributed by atoms with van der Waals surface area (Å²) in [5.41, 5.74) is 5.03. The van der Waals surface area contributed by atoms with E-state index in [9.17, 15) is 9.59 Å². The number of benzene rings is 1. The standard InChI is InChI=1S/C20H16N4O3S/c1-13-4-6-14(7-5-13)16-11-28-19-18(16)20(26)24(12-21-19)10-17(25)23-22-9-15-3-2-8-27-15/h2-9,11-12H,10H2,1H3,(H,23,25)/b22-9-. The lowest BCUT2D eigenvalue weighted by molar-refractivity contribution is -0.121. The van der Waals surface area contributed by atoms with Gasteiger partial charge in [0.2, 0.25) is 0 Å². The number of carbonyl (C=O) groups excluding carboxylic acids is 1. The van der Waals surface area contributed by atoms with Gasteiger partial charge in [-0.15, -0.1) is 11.3 Å². The van der Waals surface area contributed by atoms with Crippen LogP contribution in [0.25, 0.3) is 21.3 Å². The Morgan fingerprint density at radius 1 is 1.32 bits per heavy atom. The second kappa shape index (κ2) is 7.61. The first-order valence-electron chi connectivity index (χ1n) is 8.51. The summed E-state index contributed by atoms with van der Waals surface area (Å²) in [5.74, 6) is 0.0831. The molecular weight excluding hydrogens is 376 g/mol. The summed E-state index contributed by atoms with van der Waals surface area (Å²) < 4.78 is 6.37. The second-order valence-electron chi connectivity index (χ2n) is 6.18. The van der Waals surface area contributed by atoms with E-state index in [1.165, 1.54) is 34.7 Å². The molecule has 0 saturated heterocycles. The van der Waals surface area contributed by atoms with Gasteiger partial charge in [-0.05, 0) is 24.6 Å².